The molecule has 1 N–H and O–H groups in total. The summed E-state index contributed by atoms with van der Waals surface area (Å²) in [6.45, 7) is 7.25. The molecule has 0 radical (unpaired) electrons. The van der Waals surface area contributed by atoms with Gasteiger partial charge >= 0.3 is 0 Å². The third-order valence-corrected chi connectivity index (χ3v) is 4.78. The molecule has 21 heavy (non-hydrogen) atoms. The van der Waals surface area contributed by atoms with Crippen LogP contribution in [0.1, 0.15) is 24.3 Å². The van der Waals surface area contributed by atoms with Crippen LogP contribution in [-0.2, 0) is 13.1 Å². The number of aromatic nitrogens is 1. The molecule has 5 heteroatoms. The molecule has 0 atom stereocenters. The van der Waals surface area contributed by atoms with E-state index in [0.29, 0.717) is 5.92 Å². The van der Waals surface area contributed by atoms with Gasteiger partial charge in [0.1, 0.15) is 5.82 Å². The monoisotopic (exact) mass is 367 g/mol. The second-order valence-electron chi connectivity index (χ2n) is 5.63. The lowest BCUT2D eigenvalue weighted by atomic mass is 10.2. The summed E-state index contributed by atoms with van der Waals surface area (Å²) in [7, 11) is 2.08. The lowest BCUT2D eigenvalue weighted by molar-refractivity contribution is 0.552. The molecule has 2 rings (SSSR count). The van der Waals surface area contributed by atoms with Gasteiger partial charge in [-0.3, -0.25) is 0 Å². The van der Waals surface area contributed by atoms with Crippen LogP contribution < -0.4 is 10.2 Å². The summed E-state index contributed by atoms with van der Waals surface area (Å²) >= 11 is 5.26. The van der Waals surface area contributed by atoms with E-state index in [4.69, 9.17) is 0 Å². The minimum atomic E-state index is 0.672. The van der Waals surface area contributed by atoms with Gasteiger partial charge in [0.05, 0.1) is 6.54 Å². The van der Waals surface area contributed by atoms with Crippen molar-refractivity contribution < 1.29 is 0 Å². The lowest BCUT2D eigenvalue weighted by Gasteiger charge is -2.18. The van der Waals surface area contributed by atoms with E-state index in [2.05, 4.69) is 75.6 Å². The predicted molar refractivity (Wildman–Crippen MR) is 94.9 cm³/mol. The molecule has 0 spiro atoms. The van der Waals surface area contributed by atoms with Gasteiger partial charge in [-0.25, -0.2) is 4.98 Å². The zero-order valence-corrected chi connectivity index (χ0v) is 15.2. The minimum Gasteiger partial charge on any atom is -0.355 e. The molecule has 2 aromatic rings. The molecule has 0 aromatic carbocycles. The molecule has 0 saturated carbocycles. The van der Waals surface area contributed by atoms with Crippen molar-refractivity contribution in [3.8, 4) is 0 Å². The summed E-state index contributed by atoms with van der Waals surface area (Å²) < 4.78 is 1.15. The van der Waals surface area contributed by atoms with Crippen molar-refractivity contribution in [1.29, 1.82) is 0 Å². The van der Waals surface area contributed by atoms with Gasteiger partial charge in [-0.2, -0.15) is 0 Å². The highest BCUT2D eigenvalue weighted by molar-refractivity contribution is 9.10. The summed E-state index contributed by atoms with van der Waals surface area (Å²) in [6, 6.07) is 6.40. The zero-order valence-electron chi connectivity index (χ0n) is 12.8. The van der Waals surface area contributed by atoms with Gasteiger partial charge in [0.15, 0.2) is 0 Å². The Morgan fingerprint density at radius 3 is 2.86 bits per heavy atom. The van der Waals surface area contributed by atoms with E-state index in [0.717, 1.165) is 29.9 Å². The van der Waals surface area contributed by atoms with Crippen molar-refractivity contribution in [3.05, 3.63) is 44.7 Å². The maximum absolute atomic E-state index is 4.48. The molecule has 0 fully saturated rings. The van der Waals surface area contributed by atoms with Crippen LogP contribution in [0.4, 0.5) is 5.82 Å². The molecule has 0 bridgehead atoms. The number of hydrogen-bond acceptors (Lipinski definition) is 4. The molecule has 114 valence electrons. The van der Waals surface area contributed by atoms with Gasteiger partial charge < -0.3 is 10.2 Å². The topological polar surface area (TPSA) is 28.2 Å². The molecule has 2 heterocycles. The second-order valence-corrected chi connectivity index (χ2v) is 7.55. The SMILES string of the molecule is CC(C)CNCc1ccnc(N(C)Cc2cc(Br)cs2)c1. The second kappa shape index (κ2) is 7.92. The van der Waals surface area contributed by atoms with Gasteiger partial charge in [0, 0.05) is 34.5 Å². The first kappa shape index (κ1) is 16.5. The van der Waals surface area contributed by atoms with Crippen molar-refractivity contribution in [3.63, 3.8) is 0 Å². The predicted octanol–water partition coefficient (Wildman–Crippen LogP) is 4.29. The van der Waals surface area contributed by atoms with Crippen LogP contribution >= 0.6 is 27.3 Å². The Balaban J connectivity index is 1.95. The summed E-state index contributed by atoms with van der Waals surface area (Å²) in [5, 5.41) is 5.58. The number of anilines is 1. The molecule has 0 unspecified atom stereocenters. The Morgan fingerprint density at radius 1 is 1.38 bits per heavy atom. The van der Waals surface area contributed by atoms with E-state index in [9.17, 15) is 0 Å². The number of pyridine rings is 1. The number of halogens is 1. The fraction of sp³-hybridized carbons (Fsp3) is 0.438. The third-order valence-electron chi connectivity index (χ3n) is 3.10. The normalized spacial score (nSPS) is 11.1. The first-order valence-electron chi connectivity index (χ1n) is 7.14. The van der Waals surface area contributed by atoms with Crippen LogP contribution in [0.25, 0.3) is 0 Å². The largest absolute Gasteiger partial charge is 0.355 e. The Hall–Kier alpha value is -0.910. The summed E-state index contributed by atoms with van der Waals surface area (Å²) in [5.74, 6) is 1.69. The highest BCUT2D eigenvalue weighted by atomic mass is 79.9. The first-order valence-corrected chi connectivity index (χ1v) is 8.81. The van der Waals surface area contributed by atoms with Crippen molar-refractivity contribution in [1.82, 2.24) is 10.3 Å². The molecule has 2 aromatic heterocycles. The molecule has 0 aliphatic carbocycles. The van der Waals surface area contributed by atoms with Gasteiger partial charge in [-0.1, -0.05) is 13.8 Å². The Labute approximate surface area is 139 Å². The summed E-state index contributed by atoms with van der Waals surface area (Å²) in [6.07, 6.45) is 1.89. The Kier molecular flexibility index (Phi) is 6.21. The highest BCUT2D eigenvalue weighted by Gasteiger charge is 2.06. The van der Waals surface area contributed by atoms with Crippen LogP contribution in [0.5, 0.6) is 0 Å². The fourth-order valence-electron chi connectivity index (χ4n) is 2.04. The third kappa shape index (κ3) is 5.41. The van der Waals surface area contributed by atoms with E-state index < -0.39 is 0 Å². The molecule has 3 nitrogen and oxygen atoms in total. The Morgan fingerprint density at radius 2 is 2.19 bits per heavy atom. The van der Waals surface area contributed by atoms with Crippen LogP contribution in [0.2, 0.25) is 0 Å². The number of nitrogens with one attached hydrogen (secondary N) is 1. The number of thiophene rings is 1. The number of rotatable bonds is 7. The maximum atomic E-state index is 4.48. The van der Waals surface area contributed by atoms with E-state index >= 15 is 0 Å². The van der Waals surface area contributed by atoms with Crippen LogP contribution in [0, 0.1) is 5.92 Å². The average molecular weight is 368 g/mol. The molecule has 0 aliphatic rings. The lowest BCUT2D eigenvalue weighted by Crippen LogP contribution is -2.20. The molecule has 0 aliphatic heterocycles. The van der Waals surface area contributed by atoms with E-state index in [1.54, 1.807) is 11.3 Å². The summed E-state index contributed by atoms with van der Waals surface area (Å²) in [5.41, 5.74) is 1.28. The molecular formula is C16H22BrN3S. The van der Waals surface area contributed by atoms with Gasteiger partial charge in [0.25, 0.3) is 0 Å². The van der Waals surface area contributed by atoms with Crippen LogP contribution in [-0.4, -0.2) is 18.6 Å². The van der Waals surface area contributed by atoms with Gasteiger partial charge in [-0.15, -0.1) is 11.3 Å². The molecule has 0 amide bonds. The quantitative estimate of drug-likeness (QED) is 0.790. The van der Waals surface area contributed by atoms with Gasteiger partial charge in [-0.05, 0) is 52.2 Å². The minimum absolute atomic E-state index is 0.672. The maximum Gasteiger partial charge on any atom is 0.128 e. The van der Waals surface area contributed by atoms with Crippen molar-refractivity contribution in [2.45, 2.75) is 26.9 Å². The fourth-order valence-corrected chi connectivity index (χ4v) is 3.54. The smallest absolute Gasteiger partial charge is 0.128 e. The number of hydrogen-bond donors (Lipinski definition) is 1. The highest BCUT2D eigenvalue weighted by Crippen LogP contribution is 2.22. The van der Waals surface area contributed by atoms with Gasteiger partial charge in [0.2, 0.25) is 0 Å². The molecule has 0 saturated heterocycles. The van der Waals surface area contributed by atoms with Crippen molar-refractivity contribution >= 4 is 33.1 Å². The van der Waals surface area contributed by atoms with Crippen molar-refractivity contribution in [2.24, 2.45) is 5.92 Å². The summed E-state index contributed by atoms with van der Waals surface area (Å²) in [4.78, 5) is 7.99. The van der Waals surface area contributed by atoms with E-state index in [-0.39, 0.29) is 0 Å². The van der Waals surface area contributed by atoms with Crippen LogP contribution in [0.15, 0.2) is 34.2 Å². The number of nitrogens with zero attached hydrogens (tertiary/aromatic N) is 2. The van der Waals surface area contributed by atoms with E-state index in [1.807, 2.05) is 6.20 Å². The average Bonchev–Trinajstić information content (AvgIpc) is 2.84. The zero-order chi connectivity index (χ0) is 15.2. The van der Waals surface area contributed by atoms with Crippen molar-refractivity contribution in [2.75, 3.05) is 18.5 Å². The van der Waals surface area contributed by atoms with Crippen LogP contribution in [0.3, 0.4) is 0 Å². The Bertz CT molecular complexity index is 568. The standard InChI is InChI=1S/C16H22BrN3S/c1-12(2)8-18-9-13-4-5-19-16(6-13)20(3)10-15-7-14(17)11-21-15/h4-7,11-12,18H,8-10H2,1-3H3. The van der Waals surface area contributed by atoms with E-state index in [1.165, 1.54) is 10.4 Å². The first-order chi connectivity index (χ1) is 10.0. The molecular weight excluding hydrogens is 346 g/mol.